The average molecular weight is 384 g/mol. The molecule has 0 spiro atoms. The minimum atomic E-state index is 0.707. The molecule has 1 aromatic carbocycles. The first kappa shape index (κ1) is 15.6. The van der Waals surface area contributed by atoms with Gasteiger partial charge >= 0.3 is 0 Å². The highest BCUT2D eigenvalue weighted by atomic mass is 35.5. The van der Waals surface area contributed by atoms with Crippen molar-refractivity contribution in [2.75, 3.05) is 0 Å². The average Bonchev–Trinajstić information content (AvgIpc) is 3.01. The summed E-state index contributed by atoms with van der Waals surface area (Å²) in [5.74, 6) is 0. The molecule has 4 aromatic rings. The van der Waals surface area contributed by atoms with Gasteiger partial charge in [0, 0.05) is 31.8 Å². The van der Waals surface area contributed by atoms with Crippen molar-refractivity contribution >= 4 is 55.8 Å². The summed E-state index contributed by atoms with van der Waals surface area (Å²) in [6, 6.07) is 7.91. The summed E-state index contributed by atoms with van der Waals surface area (Å²) < 4.78 is 0. The Balaban J connectivity index is 1.67. The SMILES string of the molecule is Clc1ccc2c(Sc3ncnc4sc5c(c34)CCCC5)ccnc2c1. The third-order valence-electron chi connectivity index (χ3n) is 4.59. The Kier molecular flexibility index (Phi) is 3.88. The molecule has 0 fully saturated rings. The number of hydrogen-bond donors (Lipinski definition) is 0. The summed E-state index contributed by atoms with van der Waals surface area (Å²) >= 11 is 9.65. The fourth-order valence-electron chi connectivity index (χ4n) is 3.43. The van der Waals surface area contributed by atoms with Crippen LogP contribution in [0.15, 0.2) is 46.7 Å². The Morgan fingerprint density at radius 2 is 1.96 bits per heavy atom. The molecule has 3 heterocycles. The fraction of sp³-hybridized carbons (Fsp3) is 0.211. The van der Waals surface area contributed by atoms with Crippen molar-refractivity contribution in [1.82, 2.24) is 15.0 Å². The normalized spacial score (nSPS) is 14.1. The Hall–Kier alpha value is -1.69. The smallest absolute Gasteiger partial charge is 0.128 e. The van der Waals surface area contributed by atoms with Gasteiger partial charge in [-0.2, -0.15) is 0 Å². The molecule has 124 valence electrons. The van der Waals surface area contributed by atoms with Gasteiger partial charge in [0.05, 0.1) is 5.52 Å². The lowest BCUT2D eigenvalue weighted by atomic mass is 9.97. The topological polar surface area (TPSA) is 38.7 Å². The second-order valence-electron chi connectivity index (χ2n) is 6.14. The van der Waals surface area contributed by atoms with Crippen LogP contribution in [0, 0.1) is 0 Å². The van der Waals surface area contributed by atoms with E-state index in [1.807, 2.05) is 41.8 Å². The molecule has 1 aliphatic carbocycles. The first-order valence-corrected chi connectivity index (χ1v) is 10.3. The van der Waals surface area contributed by atoms with Gasteiger partial charge in [-0.05, 0) is 49.4 Å². The molecule has 3 nitrogen and oxygen atoms in total. The van der Waals surface area contributed by atoms with Gasteiger partial charge in [-0.25, -0.2) is 9.97 Å². The van der Waals surface area contributed by atoms with Crippen molar-refractivity contribution in [2.45, 2.75) is 35.6 Å². The summed E-state index contributed by atoms with van der Waals surface area (Å²) in [4.78, 5) is 17.3. The van der Waals surface area contributed by atoms with Gasteiger partial charge in [0.1, 0.15) is 16.2 Å². The van der Waals surface area contributed by atoms with Crippen molar-refractivity contribution in [3.8, 4) is 0 Å². The molecule has 0 N–H and O–H groups in total. The molecule has 0 bridgehead atoms. The molecule has 0 atom stereocenters. The van der Waals surface area contributed by atoms with Crippen LogP contribution in [0.25, 0.3) is 21.1 Å². The zero-order chi connectivity index (χ0) is 16.8. The number of aryl methyl sites for hydroxylation is 2. The standard InChI is InChI=1S/C19H14ClN3S2/c20-11-5-6-12-14(9-11)21-8-7-16(12)25-19-17-13-3-1-2-4-15(13)24-18(17)22-10-23-19/h5-10H,1-4H2. The van der Waals surface area contributed by atoms with Gasteiger partial charge in [0.15, 0.2) is 0 Å². The predicted molar refractivity (Wildman–Crippen MR) is 105 cm³/mol. The number of fused-ring (bicyclic) bond motifs is 4. The summed E-state index contributed by atoms with van der Waals surface area (Å²) in [5.41, 5.74) is 2.38. The van der Waals surface area contributed by atoms with E-state index in [2.05, 4.69) is 15.0 Å². The first-order chi connectivity index (χ1) is 12.3. The van der Waals surface area contributed by atoms with Crippen LogP contribution in [0.2, 0.25) is 5.02 Å². The van der Waals surface area contributed by atoms with E-state index in [-0.39, 0.29) is 0 Å². The molecule has 0 aliphatic heterocycles. The van der Waals surface area contributed by atoms with Crippen LogP contribution in [0.1, 0.15) is 23.3 Å². The minimum absolute atomic E-state index is 0.707. The third-order valence-corrected chi connectivity index (χ3v) is 7.10. The fourth-order valence-corrected chi connectivity index (χ4v) is 5.93. The maximum absolute atomic E-state index is 6.11. The monoisotopic (exact) mass is 383 g/mol. The highest BCUT2D eigenvalue weighted by Gasteiger charge is 2.20. The number of hydrogen-bond acceptors (Lipinski definition) is 5. The number of halogens is 1. The zero-order valence-corrected chi connectivity index (χ0v) is 15.7. The van der Waals surface area contributed by atoms with Crippen LogP contribution >= 0.6 is 34.7 Å². The van der Waals surface area contributed by atoms with Gasteiger partial charge in [-0.3, -0.25) is 4.98 Å². The molecule has 1 aliphatic rings. The number of rotatable bonds is 2. The quantitative estimate of drug-likeness (QED) is 0.402. The molecule has 3 aromatic heterocycles. The summed E-state index contributed by atoms with van der Waals surface area (Å²) in [6.07, 6.45) is 8.38. The number of pyridine rings is 1. The maximum Gasteiger partial charge on any atom is 0.128 e. The highest BCUT2D eigenvalue weighted by Crippen LogP contribution is 2.42. The van der Waals surface area contributed by atoms with Crippen LogP contribution < -0.4 is 0 Å². The molecule has 0 saturated carbocycles. The molecular formula is C19H14ClN3S2. The minimum Gasteiger partial charge on any atom is -0.256 e. The van der Waals surface area contributed by atoms with E-state index < -0.39 is 0 Å². The van der Waals surface area contributed by atoms with Gasteiger partial charge in [-0.15, -0.1) is 11.3 Å². The summed E-state index contributed by atoms with van der Waals surface area (Å²) in [5, 5.41) is 4.12. The first-order valence-electron chi connectivity index (χ1n) is 8.27. The number of aromatic nitrogens is 3. The van der Waals surface area contributed by atoms with Gasteiger partial charge in [0.2, 0.25) is 0 Å². The van der Waals surface area contributed by atoms with E-state index in [4.69, 9.17) is 11.6 Å². The summed E-state index contributed by atoms with van der Waals surface area (Å²) in [7, 11) is 0. The zero-order valence-electron chi connectivity index (χ0n) is 13.3. The van der Waals surface area contributed by atoms with Crippen LogP contribution in [0.5, 0.6) is 0 Å². The van der Waals surface area contributed by atoms with Crippen LogP contribution in [-0.2, 0) is 12.8 Å². The largest absolute Gasteiger partial charge is 0.256 e. The third kappa shape index (κ3) is 2.71. The van der Waals surface area contributed by atoms with Crippen LogP contribution in [0.3, 0.4) is 0 Å². The Labute approximate surface area is 158 Å². The van der Waals surface area contributed by atoms with Crippen LogP contribution in [0.4, 0.5) is 0 Å². The second kappa shape index (κ2) is 6.24. The molecule has 0 saturated heterocycles. The molecular weight excluding hydrogens is 370 g/mol. The lowest BCUT2D eigenvalue weighted by molar-refractivity contribution is 0.699. The molecule has 6 heteroatoms. The van der Waals surface area contributed by atoms with Crippen molar-refractivity contribution in [2.24, 2.45) is 0 Å². The Morgan fingerprint density at radius 1 is 1.04 bits per heavy atom. The van der Waals surface area contributed by atoms with E-state index >= 15 is 0 Å². The van der Waals surface area contributed by atoms with Crippen molar-refractivity contribution < 1.29 is 0 Å². The molecule has 25 heavy (non-hydrogen) atoms. The van der Waals surface area contributed by atoms with E-state index in [0.29, 0.717) is 5.02 Å². The second-order valence-corrected chi connectivity index (χ2v) is 8.69. The molecule has 0 amide bonds. The predicted octanol–water partition coefficient (Wildman–Crippen LogP) is 5.92. The number of thiophene rings is 1. The van der Waals surface area contributed by atoms with Crippen molar-refractivity contribution in [3.05, 3.63) is 52.3 Å². The van der Waals surface area contributed by atoms with Gasteiger partial charge in [0.25, 0.3) is 0 Å². The lowest BCUT2D eigenvalue weighted by Gasteiger charge is -2.12. The van der Waals surface area contributed by atoms with Gasteiger partial charge in [-0.1, -0.05) is 29.4 Å². The van der Waals surface area contributed by atoms with Gasteiger partial charge < -0.3 is 0 Å². The molecule has 0 unspecified atom stereocenters. The van der Waals surface area contributed by atoms with E-state index in [9.17, 15) is 0 Å². The number of nitrogens with zero attached hydrogens (tertiary/aromatic N) is 3. The van der Waals surface area contributed by atoms with Crippen molar-refractivity contribution in [1.29, 1.82) is 0 Å². The highest BCUT2D eigenvalue weighted by molar-refractivity contribution is 7.99. The lowest BCUT2D eigenvalue weighted by Crippen LogP contribution is -1.99. The van der Waals surface area contributed by atoms with E-state index in [0.717, 1.165) is 32.1 Å². The van der Waals surface area contributed by atoms with E-state index in [1.165, 1.54) is 35.1 Å². The Bertz CT molecular complexity index is 1110. The summed E-state index contributed by atoms with van der Waals surface area (Å²) in [6.45, 7) is 0. The Morgan fingerprint density at radius 3 is 2.92 bits per heavy atom. The maximum atomic E-state index is 6.11. The molecule has 0 radical (unpaired) electrons. The molecule has 5 rings (SSSR count). The van der Waals surface area contributed by atoms with Crippen LogP contribution in [-0.4, -0.2) is 15.0 Å². The van der Waals surface area contributed by atoms with E-state index in [1.54, 1.807) is 18.1 Å². The number of benzene rings is 1. The van der Waals surface area contributed by atoms with Crippen molar-refractivity contribution in [3.63, 3.8) is 0 Å².